The first-order valence-corrected chi connectivity index (χ1v) is 8.93. The molecule has 7 nitrogen and oxygen atoms in total. The van der Waals surface area contributed by atoms with Gasteiger partial charge in [0.2, 0.25) is 10.0 Å². The first-order chi connectivity index (χ1) is 11.7. The standard InChI is InChI=1S/C17H18N2O5S/c1-11-6-8-14(9-7-11)19-16(20)12(2)24-17(21)13-4-3-5-15(10-13)25(18,22)23/h3-10,12H,1-2H3,(H,19,20)(H2,18,22,23)/t12-/m1/s1. The van der Waals surface area contributed by atoms with E-state index in [9.17, 15) is 18.0 Å². The van der Waals surface area contributed by atoms with Crippen molar-refractivity contribution in [2.24, 2.45) is 5.14 Å². The van der Waals surface area contributed by atoms with E-state index in [4.69, 9.17) is 9.88 Å². The summed E-state index contributed by atoms with van der Waals surface area (Å²) in [4.78, 5) is 24.0. The van der Waals surface area contributed by atoms with E-state index >= 15 is 0 Å². The topological polar surface area (TPSA) is 116 Å². The minimum absolute atomic E-state index is 0.0125. The van der Waals surface area contributed by atoms with Gasteiger partial charge in [-0.15, -0.1) is 0 Å². The Morgan fingerprint density at radius 1 is 1.12 bits per heavy atom. The van der Waals surface area contributed by atoms with Crippen LogP contribution in [0.2, 0.25) is 0 Å². The Bertz CT molecular complexity index is 892. The fourth-order valence-corrected chi connectivity index (χ4v) is 2.52. The first kappa shape index (κ1) is 18.6. The highest BCUT2D eigenvalue weighted by Gasteiger charge is 2.20. The highest BCUT2D eigenvalue weighted by Crippen LogP contribution is 2.13. The molecule has 1 atom stereocenters. The summed E-state index contributed by atoms with van der Waals surface area (Å²) in [6.07, 6.45) is -1.06. The second kappa shape index (κ2) is 7.45. The maximum absolute atomic E-state index is 12.1. The number of benzene rings is 2. The molecule has 0 aliphatic carbocycles. The molecule has 0 heterocycles. The van der Waals surface area contributed by atoms with Crippen LogP contribution >= 0.6 is 0 Å². The summed E-state index contributed by atoms with van der Waals surface area (Å²) in [5.41, 5.74) is 1.61. The van der Waals surface area contributed by atoms with Gasteiger partial charge in [-0.1, -0.05) is 23.8 Å². The van der Waals surface area contributed by atoms with Crippen molar-refractivity contribution >= 4 is 27.6 Å². The smallest absolute Gasteiger partial charge is 0.338 e. The van der Waals surface area contributed by atoms with E-state index < -0.39 is 28.0 Å². The molecule has 2 aromatic rings. The lowest BCUT2D eigenvalue weighted by Gasteiger charge is -2.14. The molecule has 8 heteroatoms. The Morgan fingerprint density at radius 3 is 2.36 bits per heavy atom. The predicted octanol–water partition coefficient (Wildman–Crippen LogP) is 1.83. The van der Waals surface area contributed by atoms with Crippen LogP contribution in [-0.4, -0.2) is 26.4 Å². The Labute approximate surface area is 145 Å². The number of primary sulfonamides is 1. The molecule has 0 spiro atoms. The Kier molecular flexibility index (Phi) is 5.55. The first-order valence-electron chi connectivity index (χ1n) is 7.38. The summed E-state index contributed by atoms with van der Waals surface area (Å²) in [5.74, 6) is -1.32. The minimum Gasteiger partial charge on any atom is -0.449 e. The number of anilines is 1. The molecule has 0 bridgehead atoms. The largest absolute Gasteiger partial charge is 0.449 e. The lowest BCUT2D eigenvalue weighted by Crippen LogP contribution is -2.30. The molecule has 25 heavy (non-hydrogen) atoms. The number of rotatable bonds is 5. The third-order valence-electron chi connectivity index (χ3n) is 3.37. The van der Waals surface area contributed by atoms with E-state index in [2.05, 4.69) is 5.32 Å². The average molecular weight is 362 g/mol. The van der Waals surface area contributed by atoms with Crippen molar-refractivity contribution in [3.05, 3.63) is 59.7 Å². The van der Waals surface area contributed by atoms with Gasteiger partial charge in [0, 0.05) is 5.69 Å². The van der Waals surface area contributed by atoms with Gasteiger partial charge in [0.15, 0.2) is 6.10 Å². The van der Waals surface area contributed by atoms with Crippen LogP contribution in [0, 0.1) is 6.92 Å². The highest BCUT2D eigenvalue weighted by molar-refractivity contribution is 7.89. The second-order valence-electron chi connectivity index (χ2n) is 5.48. The zero-order valence-corrected chi connectivity index (χ0v) is 14.5. The van der Waals surface area contributed by atoms with Crippen LogP contribution < -0.4 is 10.5 Å². The zero-order valence-electron chi connectivity index (χ0n) is 13.7. The van der Waals surface area contributed by atoms with E-state index in [1.807, 2.05) is 19.1 Å². The van der Waals surface area contributed by atoms with Gasteiger partial charge < -0.3 is 10.1 Å². The van der Waals surface area contributed by atoms with Gasteiger partial charge in [0.05, 0.1) is 10.5 Å². The monoisotopic (exact) mass is 362 g/mol. The summed E-state index contributed by atoms with van der Waals surface area (Å²) in [6.45, 7) is 3.34. The Hall–Kier alpha value is -2.71. The van der Waals surface area contributed by atoms with Crippen molar-refractivity contribution in [1.29, 1.82) is 0 Å². The quantitative estimate of drug-likeness (QED) is 0.787. The van der Waals surface area contributed by atoms with Crippen LogP contribution in [0.4, 0.5) is 5.69 Å². The molecule has 0 aromatic heterocycles. The summed E-state index contributed by atoms with van der Waals surface area (Å²) < 4.78 is 27.7. The van der Waals surface area contributed by atoms with Crippen LogP contribution in [0.5, 0.6) is 0 Å². The van der Waals surface area contributed by atoms with Crippen LogP contribution in [0.1, 0.15) is 22.8 Å². The van der Waals surface area contributed by atoms with Gasteiger partial charge in [-0.3, -0.25) is 4.79 Å². The van der Waals surface area contributed by atoms with Gasteiger partial charge in [-0.2, -0.15) is 0 Å². The van der Waals surface area contributed by atoms with E-state index in [-0.39, 0.29) is 10.5 Å². The lowest BCUT2D eigenvalue weighted by molar-refractivity contribution is -0.123. The molecule has 2 rings (SSSR count). The van der Waals surface area contributed by atoms with E-state index in [0.717, 1.165) is 11.6 Å². The molecular formula is C17H18N2O5S. The molecule has 2 aromatic carbocycles. The number of ether oxygens (including phenoxy) is 1. The van der Waals surface area contributed by atoms with E-state index in [1.165, 1.54) is 25.1 Å². The summed E-state index contributed by atoms with van der Waals surface area (Å²) in [6, 6.07) is 12.3. The normalized spacial score (nSPS) is 12.3. The Balaban J connectivity index is 2.04. The second-order valence-corrected chi connectivity index (χ2v) is 7.04. The number of amides is 1. The van der Waals surface area contributed by atoms with Gasteiger partial charge in [0.1, 0.15) is 0 Å². The number of hydrogen-bond acceptors (Lipinski definition) is 5. The van der Waals surface area contributed by atoms with Crippen molar-refractivity contribution in [1.82, 2.24) is 0 Å². The summed E-state index contributed by atoms with van der Waals surface area (Å²) in [5, 5.41) is 7.66. The van der Waals surface area contributed by atoms with Crippen LogP contribution in [-0.2, 0) is 19.6 Å². The molecule has 0 radical (unpaired) electrons. The fraction of sp³-hybridized carbons (Fsp3) is 0.176. The van der Waals surface area contributed by atoms with E-state index in [0.29, 0.717) is 5.69 Å². The number of carbonyl (C=O) groups is 2. The molecule has 0 aliphatic heterocycles. The number of sulfonamides is 1. The number of nitrogens with two attached hydrogens (primary N) is 1. The van der Waals surface area contributed by atoms with Gasteiger partial charge in [-0.05, 0) is 44.2 Å². The summed E-state index contributed by atoms with van der Waals surface area (Å²) >= 11 is 0. The van der Waals surface area contributed by atoms with Crippen molar-refractivity contribution in [3.63, 3.8) is 0 Å². The average Bonchev–Trinajstić information content (AvgIpc) is 2.56. The van der Waals surface area contributed by atoms with E-state index in [1.54, 1.807) is 12.1 Å². The van der Waals surface area contributed by atoms with Crippen LogP contribution in [0.3, 0.4) is 0 Å². The molecule has 3 N–H and O–H groups in total. The molecule has 0 saturated heterocycles. The van der Waals surface area contributed by atoms with Crippen molar-refractivity contribution in [2.45, 2.75) is 24.8 Å². The third kappa shape index (κ3) is 5.13. The predicted molar refractivity (Wildman–Crippen MR) is 92.5 cm³/mol. The number of aryl methyl sites for hydroxylation is 1. The molecule has 0 saturated carbocycles. The molecule has 1 amide bonds. The van der Waals surface area contributed by atoms with Gasteiger partial charge in [0.25, 0.3) is 5.91 Å². The van der Waals surface area contributed by atoms with Gasteiger partial charge in [-0.25, -0.2) is 18.4 Å². The molecule has 0 aliphatic rings. The van der Waals surface area contributed by atoms with Crippen molar-refractivity contribution in [3.8, 4) is 0 Å². The minimum atomic E-state index is -3.93. The number of hydrogen-bond donors (Lipinski definition) is 2. The fourth-order valence-electron chi connectivity index (χ4n) is 1.96. The van der Waals surface area contributed by atoms with Crippen molar-refractivity contribution < 1.29 is 22.7 Å². The Morgan fingerprint density at radius 2 is 1.76 bits per heavy atom. The van der Waals surface area contributed by atoms with Gasteiger partial charge >= 0.3 is 5.97 Å². The van der Waals surface area contributed by atoms with Crippen LogP contribution in [0.25, 0.3) is 0 Å². The molecule has 0 unspecified atom stereocenters. The highest BCUT2D eigenvalue weighted by atomic mass is 32.2. The molecule has 0 fully saturated rings. The molecular weight excluding hydrogens is 344 g/mol. The van der Waals surface area contributed by atoms with Crippen molar-refractivity contribution in [2.75, 3.05) is 5.32 Å². The third-order valence-corrected chi connectivity index (χ3v) is 4.28. The van der Waals surface area contributed by atoms with Crippen LogP contribution in [0.15, 0.2) is 53.4 Å². The number of carbonyl (C=O) groups excluding carboxylic acids is 2. The number of esters is 1. The SMILES string of the molecule is Cc1ccc(NC(=O)[C@@H](C)OC(=O)c2cccc(S(N)(=O)=O)c2)cc1. The summed E-state index contributed by atoms with van der Waals surface area (Å²) in [7, 11) is -3.93. The maximum Gasteiger partial charge on any atom is 0.338 e. The zero-order chi connectivity index (χ0) is 18.6. The maximum atomic E-state index is 12.1. The lowest BCUT2D eigenvalue weighted by atomic mass is 10.2. The molecule has 132 valence electrons. The number of nitrogens with one attached hydrogen (secondary N) is 1.